The van der Waals surface area contributed by atoms with Gasteiger partial charge in [-0.15, -0.1) is 11.3 Å². The van der Waals surface area contributed by atoms with Gasteiger partial charge >= 0.3 is 0 Å². The molecule has 0 saturated heterocycles. The van der Waals surface area contributed by atoms with Crippen molar-refractivity contribution in [1.29, 1.82) is 0 Å². The van der Waals surface area contributed by atoms with Crippen molar-refractivity contribution in [3.05, 3.63) is 152 Å². The summed E-state index contributed by atoms with van der Waals surface area (Å²) in [5, 5.41) is 6.70. The molecule has 0 aliphatic rings. The third kappa shape index (κ3) is 4.18. The first-order chi connectivity index (χ1) is 23.8. The Hall–Kier alpha value is -6.17. The van der Waals surface area contributed by atoms with Crippen LogP contribution in [0.15, 0.2) is 156 Å². The minimum atomic E-state index is 0.612. The third-order valence-electron chi connectivity index (χ3n) is 9.13. The highest BCUT2D eigenvalue weighted by molar-refractivity contribution is 7.25. The molecule has 0 aliphatic heterocycles. The fraction of sp³-hybridized carbons (Fsp3) is 0. The van der Waals surface area contributed by atoms with E-state index in [9.17, 15) is 0 Å². The molecule has 0 aliphatic carbocycles. The van der Waals surface area contributed by atoms with Crippen LogP contribution in [0.5, 0.6) is 0 Å². The van der Waals surface area contributed by atoms with Gasteiger partial charge in [-0.1, -0.05) is 127 Å². The average molecular weight is 632 g/mol. The molecule has 0 radical (unpaired) electrons. The number of benzene rings is 7. The fourth-order valence-corrected chi connectivity index (χ4v) is 8.05. The maximum absolute atomic E-state index is 6.85. The van der Waals surface area contributed by atoms with Crippen LogP contribution in [0.3, 0.4) is 0 Å². The SMILES string of the molecule is c1ccc(-c2nc(-c3ccccc3)nc(-c3c4ccccc4c(-c4ccc5sc6ccccc6c5c4)c4oc5ccccc5c34)n2)cc1. The van der Waals surface area contributed by atoms with E-state index >= 15 is 0 Å². The lowest BCUT2D eigenvalue weighted by Crippen LogP contribution is -2.01. The van der Waals surface area contributed by atoms with Gasteiger partial charge in [0.1, 0.15) is 11.2 Å². The van der Waals surface area contributed by atoms with Gasteiger partial charge < -0.3 is 4.42 Å². The van der Waals surface area contributed by atoms with Crippen LogP contribution in [-0.2, 0) is 0 Å². The monoisotopic (exact) mass is 631 g/mol. The molecular formula is C43H25N3OS. The van der Waals surface area contributed by atoms with Crippen LogP contribution in [0.25, 0.3) is 98.2 Å². The molecule has 0 amide bonds. The molecule has 224 valence electrons. The molecule has 7 aromatic carbocycles. The van der Waals surface area contributed by atoms with Crippen molar-refractivity contribution in [2.24, 2.45) is 0 Å². The Labute approximate surface area is 279 Å². The largest absolute Gasteiger partial charge is 0.455 e. The van der Waals surface area contributed by atoms with Crippen molar-refractivity contribution < 1.29 is 4.42 Å². The summed E-state index contributed by atoms with van der Waals surface area (Å²) in [5.74, 6) is 1.87. The number of fused-ring (bicyclic) bond motifs is 7. The Kier molecular flexibility index (Phi) is 6.01. The first-order valence-electron chi connectivity index (χ1n) is 15.9. The molecule has 0 N–H and O–H groups in total. The minimum Gasteiger partial charge on any atom is -0.455 e. The maximum Gasteiger partial charge on any atom is 0.165 e. The zero-order valence-electron chi connectivity index (χ0n) is 25.6. The molecule has 10 rings (SSSR count). The average Bonchev–Trinajstić information content (AvgIpc) is 3.72. The molecule has 3 heterocycles. The van der Waals surface area contributed by atoms with E-state index in [1.165, 1.54) is 20.2 Å². The summed E-state index contributed by atoms with van der Waals surface area (Å²) in [6.45, 7) is 0. The van der Waals surface area contributed by atoms with Crippen molar-refractivity contribution in [3.63, 3.8) is 0 Å². The van der Waals surface area contributed by atoms with Gasteiger partial charge in [0, 0.05) is 53.2 Å². The van der Waals surface area contributed by atoms with Crippen LogP contribution >= 0.6 is 11.3 Å². The highest BCUT2D eigenvalue weighted by atomic mass is 32.1. The molecule has 5 heteroatoms. The third-order valence-corrected chi connectivity index (χ3v) is 10.3. The summed E-state index contributed by atoms with van der Waals surface area (Å²) in [5.41, 5.74) is 6.64. The molecule has 0 fully saturated rings. The lowest BCUT2D eigenvalue weighted by molar-refractivity contribution is 0.670. The number of nitrogens with zero attached hydrogens (tertiary/aromatic N) is 3. The second-order valence-electron chi connectivity index (χ2n) is 11.9. The van der Waals surface area contributed by atoms with E-state index in [1.54, 1.807) is 0 Å². The summed E-state index contributed by atoms with van der Waals surface area (Å²) in [4.78, 5) is 15.4. The Morgan fingerprint density at radius 2 is 0.938 bits per heavy atom. The second-order valence-corrected chi connectivity index (χ2v) is 13.0. The number of para-hydroxylation sites is 1. The lowest BCUT2D eigenvalue weighted by atomic mass is 9.90. The number of aromatic nitrogens is 3. The molecule has 0 atom stereocenters. The van der Waals surface area contributed by atoms with Crippen LogP contribution < -0.4 is 0 Å². The zero-order valence-corrected chi connectivity index (χ0v) is 26.4. The Balaban J connectivity index is 1.34. The van der Waals surface area contributed by atoms with E-state index in [0.29, 0.717) is 17.5 Å². The Morgan fingerprint density at radius 3 is 1.65 bits per heavy atom. The Morgan fingerprint density at radius 1 is 0.396 bits per heavy atom. The van der Waals surface area contributed by atoms with Crippen molar-refractivity contribution in [3.8, 4) is 45.3 Å². The van der Waals surface area contributed by atoms with E-state index in [1.807, 2.05) is 84.1 Å². The van der Waals surface area contributed by atoms with Crippen LogP contribution in [0, 0.1) is 0 Å². The maximum atomic E-state index is 6.85. The summed E-state index contributed by atoms with van der Waals surface area (Å²) >= 11 is 1.83. The molecule has 0 bridgehead atoms. The summed E-state index contributed by atoms with van der Waals surface area (Å²) in [7, 11) is 0. The van der Waals surface area contributed by atoms with Gasteiger partial charge in [0.2, 0.25) is 0 Å². The van der Waals surface area contributed by atoms with Crippen molar-refractivity contribution in [2.75, 3.05) is 0 Å². The number of thiophene rings is 1. The van der Waals surface area contributed by atoms with Gasteiger partial charge in [0.15, 0.2) is 17.5 Å². The molecule has 4 nitrogen and oxygen atoms in total. The first kappa shape index (κ1) is 27.0. The Bertz CT molecular complexity index is 2780. The number of hydrogen-bond donors (Lipinski definition) is 0. The number of rotatable bonds is 4. The van der Waals surface area contributed by atoms with E-state index in [2.05, 4.69) is 78.9 Å². The van der Waals surface area contributed by atoms with Crippen molar-refractivity contribution in [1.82, 2.24) is 15.0 Å². The highest BCUT2D eigenvalue weighted by Crippen LogP contribution is 2.48. The topological polar surface area (TPSA) is 51.8 Å². The molecule has 0 spiro atoms. The van der Waals surface area contributed by atoms with E-state index < -0.39 is 0 Å². The second kappa shape index (κ2) is 10.7. The van der Waals surface area contributed by atoms with Gasteiger partial charge in [0.05, 0.1) is 0 Å². The first-order valence-corrected chi connectivity index (χ1v) is 16.8. The van der Waals surface area contributed by atoms with Gasteiger partial charge in [-0.2, -0.15) is 0 Å². The highest BCUT2D eigenvalue weighted by Gasteiger charge is 2.25. The standard InChI is InChI=1S/C43H25N3OS/c1-3-13-26(14-4-1)41-44-42(27-15-5-2-6-16-27)46-43(45-41)39-31-19-8-7-18-30(31)37(40-38(39)32-20-9-11-21-34(32)47-40)28-23-24-36-33(25-28)29-17-10-12-22-35(29)48-36/h1-25H. The minimum absolute atomic E-state index is 0.612. The zero-order chi connectivity index (χ0) is 31.6. The smallest absolute Gasteiger partial charge is 0.165 e. The molecule has 0 saturated carbocycles. The van der Waals surface area contributed by atoms with Gasteiger partial charge in [-0.25, -0.2) is 15.0 Å². The summed E-state index contributed by atoms with van der Waals surface area (Å²) < 4.78 is 9.41. The van der Waals surface area contributed by atoms with Gasteiger partial charge in [-0.05, 0) is 40.6 Å². The van der Waals surface area contributed by atoms with Gasteiger partial charge in [-0.3, -0.25) is 0 Å². The fourth-order valence-electron chi connectivity index (χ4n) is 6.97. The molecule has 3 aromatic heterocycles. The molecule has 48 heavy (non-hydrogen) atoms. The van der Waals surface area contributed by atoms with E-state index in [-0.39, 0.29) is 0 Å². The van der Waals surface area contributed by atoms with Gasteiger partial charge in [0.25, 0.3) is 0 Å². The van der Waals surface area contributed by atoms with E-state index in [0.717, 1.165) is 60.5 Å². The predicted molar refractivity (Wildman–Crippen MR) is 199 cm³/mol. The van der Waals surface area contributed by atoms with Crippen molar-refractivity contribution >= 4 is 64.2 Å². The molecule has 0 unspecified atom stereocenters. The number of hydrogen-bond acceptors (Lipinski definition) is 5. The number of furan rings is 1. The van der Waals surface area contributed by atoms with Crippen LogP contribution in [0.1, 0.15) is 0 Å². The molecular weight excluding hydrogens is 607 g/mol. The van der Waals surface area contributed by atoms with Crippen LogP contribution in [0.2, 0.25) is 0 Å². The van der Waals surface area contributed by atoms with Crippen LogP contribution in [0.4, 0.5) is 0 Å². The molecule has 10 aromatic rings. The van der Waals surface area contributed by atoms with E-state index in [4.69, 9.17) is 19.4 Å². The quantitative estimate of drug-likeness (QED) is 0.194. The lowest BCUT2D eigenvalue weighted by Gasteiger charge is -2.15. The summed E-state index contributed by atoms with van der Waals surface area (Å²) in [6.07, 6.45) is 0. The predicted octanol–water partition coefficient (Wildman–Crippen LogP) is 12.0. The van der Waals surface area contributed by atoms with Crippen molar-refractivity contribution in [2.45, 2.75) is 0 Å². The van der Waals surface area contributed by atoms with Crippen LogP contribution in [-0.4, -0.2) is 15.0 Å². The summed E-state index contributed by atoms with van der Waals surface area (Å²) in [6, 6.07) is 52.5. The normalized spacial score (nSPS) is 11.8.